The SMILES string of the molecule is CCN1C(=O)CC(N2CCN(c3cccc(Cl)c3)CC2)NC1=O. The van der Waals surface area contributed by atoms with Gasteiger partial charge in [-0.25, -0.2) is 4.79 Å². The van der Waals surface area contributed by atoms with Gasteiger partial charge in [0.05, 0.1) is 12.6 Å². The van der Waals surface area contributed by atoms with Crippen LogP contribution in [0.1, 0.15) is 13.3 Å². The van der Waals surface area contributed by atoms with Gasteiger partial charge in [0.1, 0.15) is 0 Å². The van der Waals surface area contributed by atoms with Crippen molar-refractivity contribution < 1.29 is 9.59 Å². The van der Waals surface area contributed by atoms with Gasteiger partial charge in [-0.15, -0.1) is 0 Å². The minimum absolute atomic E-state index is 0.0986. The summed E-state index contributed by atoms with van der Waals surface area (Å²) in [5.74, 6) is -0.0986. The first-order valence-electron chi connectivity index (χ1n) is 7.94. The molecule has 0 aliphatic carbocycles. The fourth-order valence-electron chi connectivity index (χ4n) is 3.17. The summed E-state index contributed by atoms with van der Waals surface area (Å²) in [4.78, 5) is 29.7. The number of anilines is 1. The molecule has 7 heteroatoms. The van der Waals surface area contributed by atoms with Crippen LogP contribution in [0.4, 0.5) is 10.5 Å². The fourth-order valence-corrected chi connectivity index (χ4v) is 3.35. The van der Waals surface area contributed by atoms with E-state index >= 15 is 0 Å². The normalized spacial score (nSPS) is 23.1. The third-order valence-corrected chi connectivity index (χ3v) is 4.68. The maximum atomic E-state index is 12.0. The molecule has 3 rings (SSSR count). The number of halogens is 1. The molecule has 2 fully saturated rings. The van der Waals surface area contributed by atoms with Crippen LogP contribution in [0.15, 0.2) is 24.3 Å². The molecular weight excluding hydrogens is 316 g/mol. The van der Waals surface area contributed by atoms with Gasteiger partial charge >= 0.3 is 6.03 Å². The lowest BCUT2D eigenvalue weighted by Gasteiger charge is -2.42. The van der Waals surface area contributed by atoms with Crippen molar-refractivity contribution in [3.05, 3.63) is 29.3 Å². The summed E-state index contributed by atoms with van der Waals surface area (Å²) in [7, 11) is 0. The van der Waals surface area contributed by atoms with E-state index < -0.39 is 0 Å². The average Bonchev–Trinajstić information content (AvgIpc) is 2.55. The van der Waals surface area contributed by atoms with Crippen LogP contribution < -0.4 is 10.2 Å². The quantitative estimate of drug-likeness (QED) is 0.913. The number of hydrogen-bond donors (Lipinski definition) is 1. The second-order valence-electron chi connectivity index (χ2n) is 5.81. The Kier molecular flexibility index (Phi) is 4.73. The molecule has 0 bridgehead atoms. The molecule has 1 N–H and O–H groups in total. The number of benzene rings is 1. The molecule has 1 unspecified atom stereocenters. The zero-order valence-electron chi connectivity index (χ0n) is 13.2. The van der Waals surface area contributed by atoms with E-state index in [4.69, 9.17) is 11.6 Å². The lowest BCUT2D eigenvalue weighted by atomic mass is 10.1. The van der Waals surface area contributed by atoms with Gasteiger partial charge in [0.15, 0.2) is 0 Å². The number of imide groups is 1. The lowest BCUT2D eigenvalue weighted by Crippen LogP contribution is -2.63. The van der Waals surface area contributed by atoms with Crippen molar-refractivity contribution in [2.24, 2.45) is 0 Å². The zero-order valence-corrected chi connectivity index (χ0v) is 13.9. The van der Waals surface area contributed by atoms with Crippen LogP contribution in [0.25, 0.3) is 0 Å². The number of nitrogens with one attached hydrogen (secondary N) is 1. The summed E-state index contributed by atoms with van der Waals surface area (Å²) < 4.78 is 0. The number of carbonyl (C=O) groups excluding carboxylic acids is 2. The lowest BCUT2D eigenvalue weighted by molar-refractivity contribution is -0.131. The van der Waals surface area contributed by atoms with Gasteiger partial charge in [0.2, 0.25) is 5.91 Å². The van der Waals surface area contributed by atoms with Crippen LogP contribution in [0, 0.1) is 0 Å². The Morgan fingerprint density at radius 2 is 1.96 bits per heavy atom. The molecule has 0 saturated carbocycles. The first-order valence-corrected chi connectivity index (χ1v) is 8.31. The molecule has 0 radical (unpaired) electrons. The molecule has 124 valence electrons. The van der Waals surface area contributed by atoms with Crippen LogP contribution >= 0.6 is 11.6 Å². The Bertz CT molecular complexity index is 583. The Morgan fingerprint density at radius 3 is 2.57 bits per heavy atom. The topological polar surface area (TPSA) is 55.9 Å². The van der Waals surface area contributed by atoms with Gasteiger partial charge in [0.25, 0.3) is 0 Å². The average molecular weight is 337 g/mol. The van der Waals surface area contributed by atoms with Crippen LogP contribution in [-0.2, 0) is 4.79 Å². The number of carbonyl (C=O) groups is 2. The summed E-state index contributed by atoms with van der Waals surface area (Å²) in [6.07, 6.45) is 0.149. The molecule has 0 spiro atoms. The van der Waals surface area contributed by atoms with Crippen molar-refractivity contribution in [2.75, 3.05) is 37.6 Å². The summed E-state index contributed by atoms with van der Waals surface area (Å²) in [5, 5.41) is 3.66. The number of urea groups is 1. The molecule has 0 aromatic heterocycles. The predicted octanol–water partition coefficient (Wildman–Crippen LogP) is 1.75. The molecular formula is C16H21ClN4O2. The molecule has 3 amide bonds. The first kappa shape index (κ1) is 16.1. The summed E-state index contributed by atoms with van der Waals surface area (Å²) in [6, 6.07) is 7.54. The van der Waals surface area contributed by atoms with E-state index in [-0.39, 0.29) is 18.1 Å². The predicted molar refractivity (Wildman–Crippen MR) is 89.6 cm³/mol. The van der Waals surface area contributed by atoms with Crippen molar-refractivity contribution in [1.29, 1.82) is 0 Å². The van der Waals surface area contributed by atoms with Gasteiger partial charge in [0, 0.05) is 43.4 Å². The van der Waals surface area contributed by atoms with Crippen LogP contribution in [0.2, 0.25) is 5.02 Å². The van der Waals surface area contributed by atoms with Gasteiger partial charge in [-0.3, -0.25) is 14.6 Å². The smallest absolute Gasteiger partial charge is 0.325 e. The Morgan fingerprint density at radius 1 is 1.22 bits per heavy atom. The third kappa shape index (κ3) is 3.43. The van der Waals surface area contributed by atoms with Crippen LogP contribution in [-0.4, -0.2) is 60.6 Å². The number of hydrogen-bond acceptors (Lipinski definition) is 4. The summed E-state index contributed by atoms with van der Waals surface area (Å²) in [5.41, 5.74) is 1.11. The van der Waals surface area contributed by atoms with E-state index in [0.29, 0.717) is 13.0 Å². The van der Waals surface area contributed by atoms with Crippen LogP contribution in [0.5, 0.6) is 0 Å². The zero-order chi connectivity index (χ0) is 16.4. The highest BCUT2D eigenvalue weighted by Gasteiger charge is 2.35. The molecule has 2 saturated heterocycles. The third-order valence-electron chi connectivity index (χ3n) is 4.45. The van der Waals surface area contributed by atoms with Crippen LogP contribution in [0.3, 0.4) is 0 Å². The Balaban J connectivity index is 1.59. The molecule has 23 heavy (non-hydrogen) atoms. The van der Waals surface area contributed by atoms with E-state index in [1.165, 1.54) is 4.90 Å². The Labute approximate surface area is 141 Å². The second-order valence-corrected chi connectivity index (χ2v) is 6.25. The van der Waals surface area contributed by atoms with Crippen molar-refractivity contribution in [3.63, 3.8) is 0 Å². The standard InChI is InChI=1S/C16H21ClN4O2/c1-2-21-15(22)11-14(18-16(21)23)20-8-6-19(7-9-20)13-5-3-4-12(17)10-13/h3-5,10,14H,2,6-9,11H2,1H3,(H,18,23). The van der Waals surface area contributed by atoms with Gasteiger partial charge in [-0.2, -0.15) is 0 Å². The molecule has 1 atom stereocenters. The fraction of sp³-hybridized carbons (Fsp3) is 0.500. The molecule has 2 aliphatic rings. The molecule has 2 aliphatic heterocycles. The Hall–Kier alpha value is -1.79. The van der Waals surface area contributed by atoms with E-state index in [2.05, 4.69) is 15.1 Å². The number of piperazine rings is 1. The number of nitrogens with zero attached hydrogens (tertiary/aromatic N) is 3. The minimum atomic E-state index is -0.286. The van der Waals surface area contributed by atoms with E-state index in [9.17, 15) is 9.59 Å². The summed E-state index contributed by atoms with van der Waals surface area (Å²) in [6.45, 7) is 5.52. The maximum Gasteiger partial charge on any atom is 0.325 e. The van der Waals surface area contributed by atoms with Crippen molar-refractivity contribution in [1.82, 2.24) is 15.1 Å². The molecule has 1 aromatic rings. The van der Waals surface area contributed by atoms with E-state index in [1.54, 1.807) is 0 Å². The number of rotatable bonds is 3. The second kappa shape index (κ2) is 6.76. The molecule has 6 nitrogen and oxygen atoms in total. The van der Waals surface area contributed by atoms with Crippen molar-refractivity contribution in [2.45, 2.75) is 19.5 Å². The van der Waals surface area contributed by atoms with Gasteiger partial charge in [-0.1, -0.05) is 17.7 Å². The van der Waals surface area contributed by atoms with Gasteiger partial charge < -0.3 is 10.2 Å². The minimum Gasteiger partial charge on any atom is -0.369 e. The maximum absolute atomic E-state index is 12.0. The molecule has 2 heterocycles. The highest BCUT2D eigenvalue weighted by Crippen LogP contribution is 2.22. The highest BCUT2D eigenvalue weighted by molar-refractivity contribution is 6.30. The van der Waals surface area contributed by atoms with Crippen molar-refractivity contribution in [3.8, 4) is 0 Å². The molecule has 1 aromatic carbocycles. The van der Waals surface area contributed by atoms with E-state index in [1.807, 2.05) is 31.2 Å². The summed E-state index contributed by atoms with van der Waals surface area (Å²) >= 11 is 6.05. The van der Waals surface area contributed by atoms with E-state index in [0.717, 1.165) is 36.9 Å². The van der Waals surface area contributed by atoms with Gasteiger partial charge in [-0.05, 0) is 25.1 Å². The monoisotopic (exact) mass is 336 g/mol. The number of amides is 3. The van der Waals surface area contributed by atoms with Crippen molar-refractivity contribution >= 4 is 29.2 Å². The highest BCUT2D eigenvalue weighted by atomic mass is 35.5. The largest absolute Gasteiger partial charge is 0.369 e. The first-order chi connectivity index (χ1) is 11.1.